The van der Waals surface area contributed by atoms with E-state index in [4.69, 9.17) is 5.73 Å². The molecule has 0 aromatic heterocycles. The Kier molecular flexibility index (Phi) is 5.77. The Morgan fingerprint density at radius 1 is 0.833 bits per heavy atom. The van der Waals surface area contributed by atoms with Crippen LogP contribution in [0.3, 0.4) is 0 Å². The van der Waals surface area contributed by atoms with Crippen molar-refractivity contribution in [2.75, 3.05) is 17.6 Å². The van der Waals surface area contributed by atoms with Crippen LogP contribution in [0.15, 0.2) is 24.3 Å². The standard InChI is InChI=1S/C27H43N3/c1-17-8-19(3)27-15-26(29-25-7-5-4-6-24(25)28)22(11-17)16-30(27)23-13-20-9-18(2)10-21(12-20)14-23/h4-7,17-23,26-27,29H,8-16,28H2,1-3H3. The number of fused-ring (bicyclic) bond motifs is 7. The molecule has 3 N–H and O–H groups in total. The molecule has 3 heteroatoms. The van der Waals surface area contributed by atoms with Gasteiger partial charge in [-0.3, -0.25) is 4.90 Å². The number of benzene rings is 1. The quantitative estimate of drug-likeness (QED) is 0.600. The topological polar surface area (TPSA) is 41.3 Å². The molecule has 1 aromatic rings. The van der Waals surface area contributed by atoms with Gasteiger partial charge in [0.2, 0.25) is 0 Å². The Balaban J connectivity index is 1.36. The summed E-state index contributed by atoms with van der Waals surface area (Å²) < 4.78 is 0. The van der Waals surface area contributed by atoms with Gasteiger partial charge in [-0.25, -0.2) is 0 Å². The highest BCUT2D eigenvalue weighted by Gasteiger charge is 2.46. The molecule has 7 atom stereocenters. The molecule has 4 bridgehead atoms. The van der Waals surface area contributed by atoms with E-state index < -0.39 is 0 Å². The van der Waals surface area contributed by atoms with E-state index in [1.807, 2.05) is 12.1 Å². The van der Waals surface area contributed by atoms with E-state index in [1.54, 1.807) is 0 Å². The lowest BCUT2D eigenvalue weighted by molar-refractivity contribution is -0.0380. The van der Waals surface area contributed by atoms with E-state index in [0.717, 1.165) is 59.0 Å². The number of nitrogen functional groups attached to an aromatic ring is 1. The molecule has 3 nitrogen and oxygen atoms in total. The average molecular weight is 410 g/mol. The van der Waals surface area contributed by atoms with Crippen molar-refractivity contribution in [3.8, 4) is 0 Å². The molecule has 0 radical (unpaired) electrons. The number of nitrogens with zero attached hydrogens (tertiary/aromatic N) is 1. The van der Waals surface area contributed by atoms with Gasteiger partial charge in [0, 0.05) is 24.7 Å². The zero-order valence-electron chi connectivity index (χ0n) is 19.4. The van der Waals surface area contributed by atoms with Crippen LogP contribution in [0.2, 0.25) is 0 Å². The number of para-hydroxylation sites is 2. The Hall–Kier alpha value is -1.22. The lowest BCUT2D eigenvalue weighted by atomic mass is 9.65. The Morgan fingerprint density at radius 3 is 2.27 bits per heavy atom. The zero-order chi connectivity index (χ0) is 20.8. The molecule has 7 unspecified atom stereocenters. The fourth-order valence-electron chi connectivity index (χ4n) is 8.17. The van der Waals surface area contributed by atoms with E-state index in [2.05, 4.69) is 43.1 Å². The monoisotopic (exact) mass is 409 g/mol. The van der Waals surface area contributed by atoms with Gasteiger partial charge in [-0.05, 0) is 99.0 Å². The van der Waals surface area contributed by atoms with Gasteiger partial charge in [-0.2, -0.15) is 0 Å². The second-order valence-electron chi connectivity index (χ2n) is 11.8. The van der Waals surface area contributed by atoms with E-state index in [-0.39, 0.29) is 0 Å². The number of nitrogens with two attached hydrogens (primary N) is 1. The van der Waals surface area contributed by atoms with E-state index in [0.29, 0.717) is 6.04 Å². The third-order valence-corrected chi connectivity index (χ3v) is 9.19. The molecular weight excluding hydrogens is 366 g/mol. The van der Waals surface area contributed by atoms with Crippen LogP contribution in [0.4, 0.5) is 11.4 Å². The molecular formula is C27H43N3. The number of hydrogen-bond acceptors (Lipinski definition) is 3. The molecule has 3 saturated carbocycles. The van der Waals surface area contributed by atoms with Crippen LogP contribution >= 0.6 is 0 Å². The molecule has 1 aromatic carbocycles. The Labute approximate surface area is 184 Å². The number of nitrogens with one attached hydrogen (secondary N) is 1. The maximum absolute atomic E-state index is 6.30. The fraction of sp³-hybridized carbons (Fsp3) is 0.778. The second kappa shape index (κ2) is 8.37. The summed E-state index contributed by atoms with van der Waals surface area (Å²) in [6.45, 7) is 8.82. The van der Waals surface area contributed by atoms with E-state index in [1.165, 1.54) is 57.9 Å². The summed E-state index contributed by atoms with van der Waals surface area (Å²) in [5.41, 5.74) is 8.33. The Morgan fingerprint density at radius 2 is 1.53 bits per heavy atom. The second-order valence-corrected chi connectivity index (χ2v) is 11.8. The molecule has 2 saturated heterocycles. The van der Waals surface area contributed by atoms with Crippen LogP contribution < -0.4 is 11.1 Å². The van der Waals surface area contributed by atoms with Crippen LogP contribution in [0.25, 0.3) is 0 Å². The van der Waals surface area contributed by atoms with Crippen molar-refractivity contribution in [2.45, 2.75) is 90.3 Å². The molecule has 166 valence electrons. The van der Waals surface area contributed by atoms with Gasteiger partial charge in [-0.1, -0.05) is 32.9 Å². The third-order valence-electron chi connectivity index (χ3n) is 9.19. The highest BCUT2D eigenvalue weighted by molar-refractivity contribution is 5.66. The van der Waals surface area contributed by atoms with Crippen LogP contribution in [0.5, 0.6) is 0 Å². The average Bonchev–Trinajstić information content (AvgIpc) is 2.68. The molecule has 3 aliphatic carbocycles. The normalized spacial score (nSPS) is 44.3. The largest absolute Gasteiger partial charge is 0.397 e. The van der Waals surface area contributed by atoms with Crippen molar-refractivity contribution in [3.63, 3.8) is 0 Å². The smallest absolute Gasteiger partial charge is 0.0576 e. The van der Waals surface area contributed by atoms with Crippen LogP contribution in [-0.2, 0) is 0 Å². The molecule has 6 rings (SSSR count). The summed E-state index contributed by atoms with van der Waals surface area (Å²) in [5, 5.41) is 3.91. The summed E-state index contributed by atoms with van der Waals surface area (Å²) in [5.74, 6) is 5.31. The van der Waals surface area contributed by atoms with Crippen molar-refractivity contribution >= 4 is 11.4 Å². The first-order chi connectivity index (χ1) is 14.5. The predicted octanol–water partition coefficient (Wildman–Crippen LogP) is 6.02. The van der Waals surface area contributed by atoms with Gasteiger partial charge in [0.15, 0.2) is 0 Å². The minimum absolute atomic E-state index is 0.560. The third kappa shape index (κ3) is 4.11. The SMILES string of the molecule is CC1CC2CC(C1)CC(N1CC3CC(C)CC(C)C1CC3Nc1ccccc1N)C2. The van der Waals surface area contributed by atoms with Crippen molar-refractivity contribution in [1.82, 2.24) is 4.90 Å². The molecule has 30 heavy (non-hydrogen) atoms. The van der Waals surface area contributed by atoms with Crippen molar-refractivity contribution in [2.24, 2.45) is 35.5 Å². The maximum Gasteiger partial charge on any atom is 0.0576 e. The first kappa shape index (κ1) is 20.7. The van der Waals surface area contributed by atoms with Gasteiger partial charge in [0.1, 0.15) is 0 Å². The summed E-state index contributed by atoms with van der Waals surface area (Å²) in [6.07, 6.45) is 11.5. The van der Waals surface area contributed by atoms with Gasteiger partial charge in [-0.15, -0.1) is 0 Å². The summed E-state index contributed by atoms with van der Waals surface area (Å²) in [6, 6.07) is 10.5. The summed E-state index contributed by atoms with van der Waals surface area (Å²) in [7, 11) is 0. The first-order valence-electron chi connectivity index (χ1n) is 12.8. The van der Waals surface area contributed by atoms with Gasteiger partial charge >= 0.3 is 0 Å². The minimum atomic E-state index is 0.560. The van der Waals surface area contributed by atoms with Gasteiger partial charge in [0.05, 0.1) is 11.4 Å². The first-order valence-corrected chi connectivity index (χ1v) is 12.8. The van der Waals surface area contributed by atoms with Gasteiger partial charge < -0.3 is 11.1 Å². The fourth-order valence-corrected chi connectivity index (χ4v) is 8.17. The molecule has 0 amide bonds. The van der Waals surface area contributed by atoms with Crippen molar-refractivity contribution < 1.29 is 0 Å². The molecule has 2 heterocycles. The number of anilines is 2. The van der Waals surface area contributed by atoms with E-state index >= 15 is 0 Å². The molecule has 2 aliphatic heterocycles. The molecule has 5 fully saturated rings. The Bertz CT molecular complexity index is 715. The molecule has 5 aliphatic rings. The lowest BCUT2D eigenvalue weighted by Gasteiger charge is -2.55. The van der Waals surface area contributed by atoms with Crippen LogP contribution in [0.1, 0.15) is 72.1 Å². The lowest BCUT2D eigenvalue weighted by Crippen LogP contribution is -2.60. The molecule has 0 spiro atoms. The van der Waals surface area contributed by atoms with Gasteiger partial charge in [0.25, 0.3) is 0 Å². The van der Waals surface area contributed by atoms with Crippen LogP contribution in [0, 0.1) is 35.5 Å². The number of rotatable bonds is 3. The summed E-state index contributed by atoms with van der Waals surface area (Å²) in [4.78, 5) is 3.03. The van der Waals surface area contributed by atoms with E-state index in [9.17, 15) is 0 Å². The number of piperidine rings is 1. The van der Waals surface area contributed by atoms with Crippen molar-refractivity contribution in [1.29, 1.82) is 0 Å². The van der Waals surface area contributed by atoms with Crippen LogP contribution in [-0.4, -0.2) is 29.6 Å². The van der Waals surface area contributed by atoms with Crippen molar-refractivity contribution in [3.05, 3.63) is 24.3 Å². The highest BCUT2D eigenvalue weighted by atomic mass is 15.2. The summed E-state index contributed by atoms with van der Waals surface area (Å²) >= 11 is 0. The minimum Gasteiger partial charge on any atom is -0.397 e. The number of hydrogen-bond donors (Lipinski definition) is 2. The maximum atomic E-state index is 6.30. The predicted molar refractivity (Wildman–Crippen MR) is 127 cm³/mol. The zero-order valence-corrected chi connectivity index (χ0v) is 19.4. The highest BCUT2D eigenvalue weighted by Crippen LogP contribution is 2.47.